The highest BCUT2D eigenvalue weighted by Gasteiger charge is 2.23. The van der Waals surface area contributed by atoms with Crippen LogP contribution in [0.2, 0.25) is 0 Å². The molecule has 4 heteroatoms. The molecule has 0 spiro atoms. The fraction of sp³-hybridized carbons (Fsp3) is 0.500. The molecule has 1 amide bonds. The minimum Gasteiger partial charge on any atom is -0.314 e. The van der Waals surface area contributed by atoms with Gasteiger partial charge in [0.05, 0.1) is 7.11 Å². The van der Waals surface area contributed by atoms with E-state index in [1.165, 1.54) is 17.7 Å². The first-order valence-corrected chi connectivity index (χ1v) is 6.27. The van der Waals surface area contributed by atoms with Gasteiger partial charge in [-0.1, -0.05) is 12.1 Å². The summed E-state index contributed by atoms with van der Waals surface area (Å²) in [7, 11) is 3.11. The van der Waals surface area contributed by atoms with Gasteiger partial charge in [-0.3, -0.25) is 9.63 Å². The Morgan fingerprint density at radius 2 is 2.28 bits per heavy atom. The largest absolute Gasteiger partial charge is 0.314 e. The van der Waals surface area contributed by atoms with E-state index in [0.717, 1.165) is 13.0 Å². The summed E-state index contributed by atoms with van der Waals surface area (Å²) in [4.78, 5) is 16.9. The monoisotopic (exact) mass is 248 g/mol. The van der Waals surface area contributed by atoms with Crippen LogP contribution in [-0.2, 0) is 4.84 Å². The van der Waals surface area contributed by atoms with Crippen LogP contribution in [0.4, 0.5) is 0 Å². The molecule has 18 heavy (non-hydrogen) atoms. The summed E-state index contributed by atoms with van der Waals surface area (Å²) < 4.78 is 0. The van der Waals surface area contributed by atoms with Gasteiger partial charge in [0.1, 0.15) is 0 Å². The average molecular weight is 248 g/mol. The van der Waals surface area contributed by atoms with Gasteiger partial charge in [-0.15, -0.1) is 0 Å². The van der Waals surface area contributed by atoms with Gasteiger partial charge in [-0.05, 0) is 37.0 Å². The van der Waals surface area contributed by atoms with Crippen LogP contribution in [0.5, 0.6) is 0 Å². The molecule has 1 fully saturated rings. The van der Waals surface area contributed by atoms with Gasteiger partial charge in [0.2, 0.25) is 0 Å². The topological polar surface area (TPSA) is 41.6 Å². The number of nitrogens with zero attached hydrogens (tertiary/aromatic N) is 1. The minimum absolute atomic E-state index is 0.113. The lowest BCUT2D eigenvalue weighted by molar-refractivity contribution is -0.0757. The Kier molecular flexibility index (Phi) is 3.99. The van der Waals surface area contributed by atoms with Crippen LogP contribution in [0.15, 0.2) is 24.3 Å². The molecule has 0 aliphatic carbocycles. The van der Waals surface area contributed by atoms with Gasteiger partial charge in [0.15, 0.2) is 0 Å². The molecule has 98 valence electrons. The Labute approximate surface area is 108 Å². The van der Waals surface area contributed by atoms with Gasteiger partial charge in [-0.25, -0.2) is 5.06 Å². The molecule has 0 radical (unpaired) electrons. The Morgan fingerprint density at radius 1 is 1.50 bits per heavy atom. The molecular formula is C14H20N2O2. The number of nitrogens with one attached hydrogen (secondary N) is 1. The summed E-state index contributed by atoms with van der Waals surface area (Å²) >= 11 is 0. The third-order valence-corrected chi connectivity index (χ3v) is 3.52. The van der Waals surface area contributed by atoms with Crippen LogP contribution in [0.3, 0.4) is 0 Å². The smallest absolute Gasteiger partial charge is 0.277 e. The van der Waals surface area contributed by atoms with Crippen molar-refractivity contribution in [1.29, 1.82) is 0 Å². The van der Waals surface area contributed by atoms with Crippen LogP contribution in [0.1, 0.15) is 35.2 Å². The number of benzene rings is 1. The van der Waals surface area contributed by atoms with E-state index in [-0.39, 0.29) is 5.91 Å². The van der Waals surface area contributed by atoms with Gasteiger partial charge < -0.3 is 5.32 Å². The zero-order chi connectivity index (χ0) is 13.1. The third kappa shape index (κ3) is 2.71. The zero-order valence-corrected chi connectivity index (χ0v) is 11.1. The predicted octanol–water partition coefficient (Wildman–Crippen LogP) is 1.79. The van der Waals surface area contributed by atoms with E-state index in [0.29, 0.717) is 17.5 Å². The summed E-state index contributed by atoms with van der Waals surface area (Å²) in [5.74, 6) is 0.388. The molecule has 1 aliphatic heterocycles. The van der Waals surface area contributed by atoms with Crippen LogP contribution in [0.25, 0.3) is 0 Å². The van der Waals surface area contributed by atoms with Gasteiger partial charge in [0, 0.05) is 25.2 Å². The maximum Gasteiger partial charge on any atom is 0.277 e. The average Bonchev–Trinajstić information content (AvgIpc) is 2.84. The molecule has 2 unspecified atom stereocenters. The predicted molar refractivity (Wildman–Crippen MR) is 70.4 cm³/mol. The van der Waals surface area contributed by atoms with Crippen molar-refractivity contribution in [2.24, 2.45) is 0 Å². The maximum absolute atomic E-state index is 12.0. The van der Waals surface area contributed by atoms with E-state index in [9.17, 15) is 4.79 Å². The first-order chi connectivity index (χ1) is 8.61. The number of rotatable bonds is 3. The third-order valence-electron chi connectivity index (χ3n) is 3.52. The van der Waals surface area contributed by atoms with Crippen molar-refractivity contribution in [1.82, 2.24) is 10.4 Å². The normalized spacial score (nSPS) is 23.1. The highest BCUT2D eigenvalue weighted by atomic mass is 16.7. The van der Waals surface area contributed by atoms with Crippen molar-refractivity contribution in [3.8, 4) is 0 Å². The SMILES string of the molecule is CON(C)C(=O)c1cccc(C2CNC(C)C2)c1. The summed E-state index contributed by atoms with van der Waals surface area (Å²) in [5, 5.41) is 4.68. The van der Waals surface area contributed by atoms with E-state index in [2.05, 4.69) is 18.3 Å². The quantitative estimate of drug-likeness (QED) is 0.829. The minimum atomic E-state index is -0.113. The summed E-state index contributed by atoms with van der Waals surface area (Å²) in [5.41, 5.74) is 1.90. The Morgan fingerprint density at radius 3 is 2.89 bits per heavy atom. The first kappa shape index (κ1) is 13.1. The van der Waals surface area contributed by atoms with Crippen molar-refractivity contribution in [3.05, 3.63) is 35.4 Å². The van der Waals surface area contributed by atoms with Crippen molar-refractivity contribution < 1.29 is 9.63 Å². The van der Waals surface area contributed by atoms with Crippen LogP contribution in [-0.4, -0.2) is 37.7 Å². The number of carbonyl (C=O) groups is 1. The van der Waals surface area contributed by atoms with Crippen molar-refractivity contribution in [3.63, 3.8) is 0 Å². The summed E-state index contributed by atoms with van der Waals surface area (Å²) in [6.07, 6.45) is 1.12. The Bertz CT molecular complexity index is 434. The number of hydrogen-bond donors (Lipinski definition) is 1. The molecule has 4 nitrogen and oxygen atoms in total. The Hall–Kier alpha value is -1.39. The lowest BCUT2D eigenvalue weighted by atomic mass is 9.95. The molecule has 2 atom stereocenters. The maximum atomic E-state index is 12.0. The first-order valence-electron chi connectivity index (χ1n) is 6.27. The lowest BCUT2D eigenvalue weighted by Gasteiger charge is -2.15. The van der Waals surface area contributed by atoms with E-state index in [1.54, 1.807) is 7.05 Å². The van der Waals surface area contributed by atoms with E-state index in [1.807, 2.05) is 18.2 Å². The summed E-state index contributed by atoms with van der Waals surface area (Å²) in [6, 6.07) is 8.38. The van der Waals surface area contributed by atoms with Crippen LogP contribution in [0, 0.1) is 0 Å². The molecule has 1 aliphatic rings. The zero-order valence-electron chi connectivity index (χ0n) is 11.1. The van der Waals surface area contributed by atoms with Gasteiger partial charge in [-0.2, -0.15) is 0 Å². The van der Waals surface area contributed by atoms with E-state index < -0.39 is 0 Å². The van der Waals surface area contributed by atoms with Gasteiger partial charge >= 0.3 is 0 Å². The molecule has 0 aromatic heterocycles. The standard InChI is InChI=1S/C14H20N2O2/c1-10-7-13(9-15-10)11-5-4-6-12(8-11)14(17)16(2)18-3/h4-6,8,10,13,15H,7,9H2,1-3H3. The number of amides is 1. The molecule has 1 N–H and O–H groups in total. The van der Waals surface area contributed by atoms with Crippen molar-refractivity contribution in [2.45, 2.75) is 25.3 Å². The molecule has 0 saturated carbocycles. The highest BCUT2D eigenvalue weighted by Crippen LogP contribution is 2.26. The highest BCUT2D eigenvalue weighted by molar-refractivity contribution is 5.93. The second-order valence-electron chi connectivity index (χ2n) is 4.85. The molecule has 1 aromatic carbocycles. The Balaban J connectivity index is 2.17. The number of carbonyl (C=O) groups excluding carboxylic acids is 1. The number of hydrogen-bond acceptors (Lipinski definition) is 3. The molecular weight excluding hydrogens is 228 g/mol. The molecule has 0 bridgehead atoms. The lowest BCUT2D eigenvalue weighted by Crippen LogP contribution is -2.25. The number of hydroxylamine groups is 2. The second kappa shape index (κ2) is 5.50. The second-order valence-corrected chi connectivity index (χ2v) is 4.85. The molecule has 2 rings (SSSR count). The molecule has 1 heterocycles. The molecule has 1 aromatic rings. The fourth-order valence-corrected chi connectivity index (χ4v) is 2.38. The van der Waals surface area contributed by atoms with Crippen molar-refractivity contribution in [2.75, 3.05) is 20.7 Å². The van der Waals surface area contributed by atoms with Crippen molar-refractivity contribution >= 4 is 5.91 Å². The van der Waals surface area contributed by atoms with Gasteiger partial charge in [0.25, 0.3) is 5.91 Å². The molecule has 1 saturated heterocycles. The summed E-state index contributed by atoms with van der Waals surface area (Å²) in [6.45, 7) is 3.17. The van der Waals surface area contributed by atoms with E-state index >= 15 is 0 Å². The van der Waals surface area contributed by atoms with E-state index in [4.69, 9.17) is 4.84 Å². The van der Waals surface area contributed by atoms with Crippen LogP contribution < -0.4 is 5.32 Å². The fourth-order valence-electron chi connectivity index (χ4n) is 2.38. The van der Waals surface area contributed by atoms with Crippen LogP contribution >= 0.6 is 0 Å².